The van der Waals surface area contributed by atoms with Crippen molar-refractivity contribution >= 4 is 17.9 Å². The lowest BCUT2D eigenvalue weighted by Gasteiger charge is -2.23. The third-order valence-electron chi connectivity index (χ3n) is 5.41. The van der Waals surface area contributed by atoms with E-state index < -0.39 is 0 Å². The lowest BCUT2D eigenvalue weighted by molar-refractivity contribution is -0.118. The van der Waals surface area contributed by atoms with Gasteiger partial charge < -0.3 is 15.1 Å². The van der Waals surface area contributed by atoms with Crippen LogP contribution in [0.3, 0.4) is 0 Å². The number of hydrogen-bond acceptors (Lipinski definition) is 3. The van der Waals surface area contributed by atoms with E-state index >= 15 is 0 Å². The number of hydrogen-bond donors (Lipinski definition) is 2. The molecule has 0 aliphatic heterocycles. The molecule has 5 nitrogen and oxygen atoms in total. The van der Waals surface area contributed by atoms with Gasteiger partial charge in [-0.25, -0.2) is 0 Å². The molecule has 0 saturated heterocycles. The molecule has 4 rings (SSSR count). The molecule has 2 amide bonds. The van der Waals surface area contributed by atoms with Gasteiger partial charge in [-0.3, -0.25) is 9.59 Å². The summed E-state index contributed by atoms with van der Waals surface area (Å²) in [6.45, 7) is 0. The van der Waals surface area contributed by atoms with Crippen molar-refractivity contribution < 1.29 is 14.0 Å². The number of nitrogens with one attached hydrogen (secondary N) is 2. The predicted molar refractivity (Wildman–Crippen MR) is 98.0 cm³/mol. The van der Waals surface area contributed by atoms with Gasteiger partial charge in [-0.05, 0) is 55.4 Å². The third kappa shape index (κ3) is 3.57. The predicted octanol–water partition coefficient (Wildman–Crippen LogP) is 3.36. The molecule has 2 saturated carbocycles. The zero-order valence-electron chi connectivity index (χ0n) is 14.5. The summed E-state index contributed by atoms with van der Waals surface area (Å²) in [6.07, 6.45) is 7.81. The third-order valence-corrected chi connectivity index (χ3v) is 5.41. The molecule has 2 aliphatic rings. The van der Waals surface area contributed by atoms with E-state index in [-0.39, 0.29) is 23.6 Å². The van der Waals surface area contributed by atoms with Crippen molar-refractivity contribution in [3.8, 4) is 0 Å². The molecule has 134 valence electrons. The van der Waals surface area contributed by atoms with Gasteiger partial charge in [-0.1, -0.05) is 24.6 Å². The van der Waals surface area contributed by atoms with Gasteiger partial charge in [0.15, 0.2) is 0 Å². The van der Waals surface area contributed by atoms with E-state index in [0.29, 0.717) is 17.2 Å². The highest BCUT2D eigenvalue weighted by atomic mass is 16.3. The first-order chi connectivity index (χ1) is 12.7. The molecule has 1 heterocycles. The highest BCUT2D eigenvalue weighted by molar-refractivity contribution is 6.05. The number of carbonyl (C=O) groups excluding carboxylic acids is 2. The van der Waals surface area contributed by atoms with Crippen molar-refractivity contribution in [2.45, 2.75) is 31.7 Å². The van der Waals surface area contributed by atoms with E-state index in [1.54, 1.807) is 42.5 Å². The van der Waals surface area contributed by atoms with Crippen LogP contribution in [0.2, 0.25) is 0 Å². The van der Waals surface area contributed by atoms with E-state index in [1.165, 1.54) is 25.5 Å². The molecular formula is C21H22N2O3. The van der Waals surface area contributed by atoms with Gasteiger partial charge in [0.2, 0.25) is 0 Å². The number of benzene rings is 1. The van der Waals surface area contributed by atoms with E-state index in [9.17, 15) is 9.59 Å². The second-order valence-corrected chi connectivity index (χ2v) is 7.15. The molecule has 1 aromatic carbocycles. The van der Waals surface area contributed by atoms with Crippen molar-refractivity contribution in [1.82, 2.24) is 10.6 Å². The summed E-state index contributed by atoms with van der Waals surface area (Å²) in [6, 6.07) is 12.6. The molecule has 3 atom stereocenters. The van der Waals surface area contributed by atoms with Crippen LogP contribution < -0.4 is 10.6 Å². The second-order valence-electron chi connectivity index (χ2n) is 7.15. The summed E-state index contributed by atoms with van der Waals surface area (Å²) in [7, 11) is 0. The van der Waals surface area contributed by atoms with Crippen LogP contribution in [0.4, 0.5) is 0 Å². The Morgan fingerprint density at radius 2 is 1.88 bits per heavy atom. The molecule has 2 N–H and O–H groups in total. The van der Waals surface area contributed by atoms with E-state index in [4.69, 9.17) is 4.42 Å². The molecule has 2 aromatic rings. The van der Waals surface area contributed by atoms with Gasteiger partial charge in [-0.2, -0.15) is 0 Å². The van der Waals surface area contributed by atoms with E-state index in [2.05, 4.69) is 10.6 Å². The van der Waals surface area contributed by atoms with Crippen LogP contribution in [0.1, 0.15) is 41.8 Å². The van der Waals surface area contributed by atoms with Gasteiger partial charge in [0.25, 0.3) is 11.8 Å². The lowest BCUT2D eigenvalue weighted by Crippen LogP contribution is -2.42. The molecule has 0 radical (unpaired) electrons. The molecule has 0 spiro atoms. The molecule has 0 unspecified atom stereocenters. The molecule has 2 aliphatic carbocycles. The van der Waals surface area contributed by atoms with Gasteiger partial charge in [-0.15, -0.1) is 0 Å². The van der Waals surface area contributed by atoms with Crippen molar-refractivity contribution in [1.29, 1.82) is 0 Å². The van der Waals surface area contributed by atoms with Gasteiger partial charge in [0, 0.05) is 17.7 Å². The minimum absolute atomic E-state index is 0.204. The fourth-order valence-corrected chi connectivity index (χ4v) is 4.13. The van der Waals surface area contributed by atoms with Crippen LogP contribution in [0.5, 0.6) is 0 Å². The molecule has 1 aromatic heterocycles. The Morgan fingerprint density at radius 3 is 2.54 bits per heavy atom. The lowest BCUT2D eigenvalue weighted by atomic mass is 9.95. The standard InChI is InChI=1S/C21H22N2O3/c24-20(15-5-2-1-3-6-15)23-19(13-17-7-4-10-26-17)21(25)22-18-12-14-8-9-16(18)11-14/h1-7,10,13-14,16,18H,8-9,11-12H2,(H,22,25)(H,23,24)/b19-13-/t14-,16+,18-/m0/s1. The smallest absolute Gasteiger partial charge is 0.268 e. The number of furan rings is 1. The average molecular weight is 350 g/mol. The average Bonchev–Trinajstić information content (AvgIpc) is 3.40. The topological polar surface area (TPSA) is 71.3 Å². The summed E-state index contributed by atoms with van der Waals surface area (Å²) < 4.78 is 5.31. The normalized spacial score (nSPS) is 24.5. The first-order valence-electron chi connectivity index (χ1n) is 9.11. The first-order valence-corrected chi connectivity index (χ1v) is 9.11. The van der Waals surface area contributed by atoms with Crippen molar-refractivity contribution in [2.24, 2.45) is 11.8 Å². The van der Waals surface area contributed by atoms with Gasteiger partial charge >= 0.3 is 0 Å². The Hall–Kier alpha value is -2.82. The van der Waals surface area contributed by atoms with E-state index in [1.807, 2.05) is 6.07 Å². The molecule has 2 bridgehead atoms. The molecule has 2 fully saturated rings. The summed E-state index contributed by atoms with van der Waals surface area (Å²) >= 11 is 0. The zero-order valence-corrected chi connectivity index (χ0v) is 14.5. The van der Waals surface area contributed by atoms with Crippen molar-refractivity contribution in [2.75, 3.05) is 0 Å². The van der Waals surface area contributed by atoms with Crippen LogP contribution in [-0.4, -0.2) is 17.9 Å². The molecule has 5 heteroatoms. The summed E-state index contributed by atoms with van der Waals surface area (Å²) in [4.78, 5) is 25.3. The minimum Gasteiger partial charge on any atom is -0.465 e. The largest absolute Gasteiger partial charge is 0.465 e. The maximum Gasteiger partial charge on any atom is 0.268 e. The monoisotopic (exact) mass is 350 g/mol. The van der Waals surface area contributed by atoms with Gasteiger partial charge in [0.05, 0.1) is 6.26 Å². The highest BCUT2D eigenvalue weighted by Gasteiger charge is 2.40. The summed E-state index contributed by atoms with van der Waals surface area (Å²) in [5.41, 5.74) is 0.710. The van der Waals surface area contributed by atoms with Crippen LogP contribution in [-0.2, 0) is 4.79 Å². The number of carbonyl (C=O) groups is 2. The summed E-state index contributed by atoms with van der Waals surface area (Å²) in [5.74, 6) is 1.26. The highest BCUT2D eigenvalue weighted by Crippen LogP contribution is 2.44. The Balaban J connectivity index is 1.51. The van der Waals surface area contributed by atoms with Gasteiger partial charge in [0.1, 0.15) is 11.5 Å². The van der Waals surface area contributed by atoms with Crippen LogP contribution >= 0.6 is 0 Å². The number of fused-ring (bicyclic) bond motifs is 2. The summed E-state index contributed by atoms with van der Waals surface area (Å²) in [5, 5.41) is 5.86. The Morgan fingerprint density at radius 1 is 1.04 bits per heavy atom. The Bertz CT molecular complexity index is 811. The van der Waals surface area contributed by atoms with Crippen LogP contribution in [0, 0.1) is 11.8 Å². The van der Waals surface area contributed by atoms with Crippen LogP contribution in [0.15, 0.2) is 58.8 Å². The molecule has 26 heavy (non-hydrogen) atoms. The Labute approximate surface area is 152 Å². The van der Waals surface area contributed by atoms with Crippen molar-refractivity contribution in [3.05, 3.63) is 65.7 Å². The van der Waals surface area contributed by atoms with Crippen LogP contribution in [0.25, 0.3) is 6.08 Å². The van der Waals surface area contributed by atoms with Crippen molar-refractivity contribution in [3.63, 3.8) is 0 Å². The SMILES string of the molecule is O=C(N[C@H]1C[C@H]2CC[C@@H]1C2)/C(=C/c1ccco1)NC(=O)c1ccccc1. The number of amides is 2. The minimum atomic E-state index is -0.313. The fourth-order valence-electron chi connectivity index (χ4n) is 4.13. The van der Waals surface area contributed by atoms with E-state index in [0.717, 1.165) is 12.3 Å². The fraction of sp³-hybridized carbons (Fsp3) is 0.333. The first kappa shape index (κ1) is 16.6. The second kappa shape index (κ2) is 7.20. The maximum absolute atomic E-state index is 12.8. The molecular weight excluding hydrogens is 328 g/mol. The zero-order chi connectivity index (χ0) is 17.9. The number of rotatable bonds is 5. The Kier molecular flexibility index (Phi) is 4.61. The quantitative estimate of drug-likeness (QED) is 0.812. The maximum atomic E-state index is 12.8.